The number of hydrogen-bond acceptors (Lipinski definition) is 5. The Kier molecular flexibility index (Phi) is 4.59. The van der Waals surface area contributed by atoms with E-state index in [1.165, 1.54) is 11.8 Å². The van der Waals surface area contributed by atoms with Crippen LogP contribution in [0.1, 0.15) is 36.3 Å². The third-order valence-corrected chi connectivity index (χ3v) is 6.14. The second kappa shape index (κ2) is 6.76. The van der Waals surface area contributed by atoms with Gasteiger partial charge in [-0.3, -0.25) is 9.59 Å². The highest BCUT2D eigenvalue weighted by molar-refractivity contribution is 7.98. The summed E-state index contributed by atoms with van der Waals surface area (Å²) in [5.74, 6) is -0.0706. The van der Waals surface area contributed by atoms with Gasteiger partial charge in [0.1, 0.15) is 5.82 Å². The highest BCUT2D eigenvalue weighted by Gasteiger charge is 2.38. The minimum atomic E-state index is -0.576. The molecule has 2 aliphatic rings. The largest absolute Gasteiger partial charge is 0.343 e. The average Bonchev–Trinajstić information content (AvgIpc) is 2.62. The van der Waals surface area contributed by atoms with Gasteiger partial charge in [0, 0.05) is 23.6 Å². The second-order valence-corrected chi connectivity index (χ2v) is 7.79. The molecular weight excluding hydrogens is 393 g/mol. The summed E-state index contributed by atoms with van der Waals surface area (Å²) in [6, 6.07) is 5.27. The van der Waals surface area contributed by atoms with Gasteiger partial charge in [-0.15, -0.1) is 0 Å². The first-order valence-electron chi connectivity index (χ1n) is 8.16. The maximum Gasteiger partial charge on any atom is 0.257 e. The number of halogens is 2. The number of benzene rings is 1. The lowest BCUT2D eigenvalue weighted by Gasteiger charge is -2.33. The number of rotatable bonds is 2. The predicted molar refractivity (Wildman–Crippen MR) is 104 cm³/mol. The van der Waals surface area contributed by atoms with Crippen molar-refractivity contribution in [2.45, 2.75) is 30.3 Å². The average molecular weight is 408 g/mol. The first kappa shape index (κ1) is 17.6. The molecule has 0 fully saturated rings. The van der Waals surface area contributed by atoms with Crippen LogP contribution in [0.3, 0.4) is 0 Å². The quantitative estimate of drug-likeness (QED) is 0.571. The fourth-order valence-electron chi connectivity index (χ4n) is 3.59. The molecule has 0 spiro atoms. The summed E-state index contributed by atoms with van der Waals surface area (Å²) in [5.41, 5.74) is 2.18. The summed E-state index contributed by atoms with van der Waals surface area (Å²) in [4.78, 5) is 32.9. The fourth-order valence-corrected chi connectivity index (χ4v) is 4.39. The van der Waals surface area contributed by atoms with E-state index in [9.17, 15) is 9.59 Å². The second-order valence-electron chi connectivity index (χ2n) is 6.21. The van der Waals surface area contributed by atoms with Gasteiger partial charge in [-0.25, -0.2) is 4.98 Å². The molecule has 26 heavy (non-hydrogen) atoms. The number of nitrogens with one attached hydrogen (secondary N) is 2. The Bertz CT molecular complexity index is 1020. The Labute approximate surface area is 164 Å². The molecule has 2 heterocycles. The summed E-state index contributed by atoms with van der Waals surface area (Å²) >= 11 is 14.0. The van der Waals surface area contributed by atoms with E-state index in [0.29, 0.717) is 44.1 Å². The molecule has 1 aromatic heterocycles. The lowest BCUT2D eigenvalue weighted by molar-refractivity contribution is -0.116. The molecule has 1 aliphatic carbocycles. The molecule has 5 nitrogen and oxygen atoms in total. The third-order valence-electron chi connectivity index (χ3n) is 4.72. The van der Waals surface area contributed by atoms with E-state index >= 15 is 0 Å². The van der Waals surface area contributed by atoms with Crippen molar-refractivity contribution in [3.63, 3.8) is 0 Å². The van der Waals surface area contributed by atoms with Crippen LogP contribution in [0.5, 0.6) is 0 Å². The minimum Gasteiger partial charge on any atom is -0.343 e. The number of allylic oxidation sites excluding steroid dienone is 2. The van der Waals surface area contributed by atoms with Crippen LogP contribution in [0, 0.1) is 0 Å². The third kappa shape index (κ3) is 2.76. The fraction of sp³-hybridized carbons (Fsp3) is 0.278. The van der Waals surface area contributed by atoms with Crippen LogP contribution in [-0.2, 0) is 4.79 Å². The molecule has 1 atom stereocenters. The van der Waals surface area contributed by atoms with Crippen LogP contribution >= 0.6 is 35.0 Å². The van der Waals surface area contributed by atoms with Crippen LogP contribution < -0.4 is 10.9 Å². The van der Waals surface area contributed by atoms with Crippen molar-refractivity contribution in [1.29, 1.82) is 0 Å². The molecular formula is C18H15Cl2N3O2S. The first-order valence-corrected chi connectivity index (χ1v) is 10.1. The number of H-pyrrole nitrogens is 1. The van der Waals surface area contributed by atoms with E-state index in [0.717, 1.165) is 18.5 Å². The lowest BCUT2D eigenvalue weighted by atomic mass is 9.76. The number of nitrogens with zero attached hydrogens (tertiary/aromatic N) is 1. The zero-order valence-electron chi connectivity index (χ0n) is 13.9. The van der Waals surface area contributed by atoms with Gasteiger partial charge in [-0.1, -0.05) is 47.1 Å². The van der Waals surface area contributed by atoms with Crippen molar-refractivity contribution in [1.82, 2.24) is 9.97 Å². The number of fused-ring (bicyclic) bond motifs is 1. The van der Waals surface area contributed by atoms with Crippen molar-refractivity contribution in [3.05, 3.63) is 61.0 Å². The number of aromatic nitrogens is 2. The van der Waals surface area contributed by atoms with Gasteiger partial charge >= 0.3 is 0 Å². The van der Waals surface area contributed by atoms with Gasteiger partial charge in [0.2, 0.25) is 0 Å². The molecule has 134 valence electrons. The molecule has 0 bridgehead atoms. The van der Waals surface area contributed by atoms with Gasteiger partial charge in [0.05, 0.1) is 15.6 Å². The standard InChI is InChI=1S/C18H15Cl2N3O2S/c1-26-18-22-16-14(17(25)23-18)12(8-4-2-5-9(19)15(8)20)13-10(21-16)6-3-7-11(13)24/h2,4-5,12H,3,6-7H2,1H3,(H2,21,22,23,25). The summed E-state index contributed by atoms with van der Waals surface area (Å²) < 4.78 is 0. The number of anilines is 1. The zero-order chi connectivity index (χ0) is 18.4. The van der Waals surface area contributed by atoms with Crippen LogP contribution in [0.4, 0.5) is 5.82 Å². The van der Waals surface area contributed by atoms with Crippen molar-refractivity contribution >= 4 is 46.6 Å². The van der Waals surface area contributed by atoms with Gasteiger partial charge < -0.3 is 10.3 Å². The number of hydrogen-bond donors (Lipinski definition) is 2. The molecule has 1 aromatic carbocycles. The van der Waals surface area contributed by atoms with Crippen molar-refractivity contribution in [2.75, 3.05) is 11.6 Å². The molecule has 1 aliphatic heterocycles. The molecule has 2 aromatic rings. The number of Topliss-reactive ketones (excluding diaryl/α,β-unsaturated/α-hetero) is 1. The van der Waals surface area contributed by atoms with Crippen LogP contribution in [0.25, 0.3) is 0 Å². The Morgan fingerprint density at radius 2 is 2.04 bits per heavy atom. The Balaban J connectivity index is 2.03. The molecule has 0 radical (unpaired) electrons. The molecule has 8 heteroatoms. The maximum atomic E-state index is 12.8. The molecule has 1 unspecified atom stereocenters. The Hall–Kier alpha value is -1.76. The Morgan fingerprint density at radius 1 is 1.23 bits per heavy atom. The minimum absolute atomic E-state index is 0.0267. The maximum absolute atomic E-state index is 12.8. The summed E-state index contributed by atoms with van der Waals surface area (Å²) in [5, 5.41) is 4.48. The molecule has 0 saturated heterocycles. The van der Waals surface area contributed by atoms with Crippen LogP contribution in [0.2, 0.25) is 10.0 Å². The van der Waals surface area contributed by atoms with E-state index in [2.05, 4.69) is 15.3 Å². The van der Waals surface area contributed by atoms with E-state index in [1.54, 1.807) is 12.1 Å². The normalized spacial score (nSPS) is 19.0. The molecule has 0 amide bonds. The summed E-state index contributed by atoms with van der Waals surface area (Å²) in [7, 11) is 0. The van der Waals surface area contributed by atoms with Gasteiger partial charge in [0.15, 0.2) is 10.9 Å². The van der Waals surface area contributed by atoms with Gasteiger partial charge in [0.25, 0.3) is 5.56 Å². The summed E-state index contributed by atoms with van der Waals surface area (Å²) in [6.07, 6.45) is 3.80. The number of carbonyl (C=O) groups is 1. The van der Waals surface area contributed by atoms with E-state index < -0.39 is 5.92 Å². The predicted octanol–water partition coefficient (Wildman–Crippen LogP) is 4.36. The number of thioether (sulfide) groups is 1. The van der Waals surface area contributed by atoms with Crippen LogP contribution in [-0.4, -0.2) is 22.0 Å². The Morgan fingerprint density at radius 3 is 2.81 bits per heavy atom. The van der Waals surface area contributed by atoms with Crippen molar-refractivity contribution in [2.24, 2.45) is 0 Å². The number of aromatic amines is 1. The molecule has 2 N–H and O–H groups in total. The van der Waals surface area contributed by atoms with Crippen molar-refractivity contribution < 1.29 is 4.79 Å². The van der Waals surface area contributed by atoms with Gasteiger partial charge in [-0.05, 0) is 30.7 Å². The van der Waals surface area contributed by atoms with Crippen LogP contribution in [0.15, 0.2) is 39.4 Å². The highest BCUT2D eigenvalue weighted by Crippen LogP contribution is 2.46. The number of carbonyl (C=O) groups excluding carboxylic acids is 1. The topological polar surface area (TPSA) is 74.8 Å². The van der Waals surface area contributed by atoms with Gasteiger partial charge in [-0.2, -0.15) is 0 Å². The zero-order valence-corrected chi connectivity index (χ0v) is 16.2. The monoisotopic (exact) mass is 407 g/mol. The van der Waals surface area contributed by atoms with E-state index in [4.69, 9.17) is 23.2 Å². The smallest absolute Gasteiger partial charge is 0.257 e. The van der Waals surface area contributed by atoms with Crippen molar-refractivity contribution in [3.8, 4) is 0 Å². The SMILES string of the molecule is CSc1nc2c(c(=O)[nH]1)C(c1cccc(Cl)c1Cl)C1=C(CCCC1=O)N2. The summed E-state index contributed by atoms with van der Waals surface area (Å²) in [6.45, 7) is 0. The van der Waals surface area contributed by atoms with E-state index in [1.807, 2.05) is 12.3 Å². The lowest BCUT2D eigenvalue weighted by Crippen LogP contribution is -2.32. The number of ketones is 1. The molecule has 0 saturated carbocycles. The molecule has 4 rings (SSSR count). The highest BCUT2D eigenvalue weighted by atomic mass is 35.5. The van der Waals surface area contributed by atoms with E-state index in [-0.39, 0.29) is 11.3 Å². The first-order chi connectivity index (χ1) is 12.5.